The fraction of sp³-hybridized carbons (Fsp3) is 0.559. The summed E-state index contributed by atoms with van der Waals surface area (Å²) in [6.07, 6.45) is -2.41. The number of hydrogen-bond donors (Lipinski definition) is 5. The molecule has 0 saturated heterocycles. The summed E-state index contributed by atoms with van der Waals surface area (Å²) in [5, 5.41) is 21.6. The van der Waals surface area contributed by atoms with Crippen LogP contribution in [0, 0.1) is 10.8 Å². The number of amides is 5. The molecule has 0 aliphatic carbocycles. The van der Waals surface area contributed by atoms with Crippen LogP contribution in [0.1, 0.15) is 107 Å². The van der Waals surface area contributed by atoms with Crippen molar-refractivity contribution in [3.8, 4) is 0 Å². The summed E-state index contributed by atoms with van der Waals surface area (Å²) in [6.45, 7) is 20.5. The van der Waals surface area contributed by atoms with Gasteiger partial charge in [0.15, 0.2) is 0 Å². The molecular weight excluding hydrogens is 650 g/mol. The molecule has 0 unspecified atom stereocenters. The second-order valence-corrected chi connectivity index (χ2v) is 15.4. The third kappa shape index (κ3) is 16.8. The largest absolute Gasteiger partial charge is 0.444 e. The van der Waals surface area contributed by atoms with E-state index in [1.54, 1.807) is 101 Å². The molecule has 0 aromatic heterocycles. The van der Waals surface area contributed by atoms with E-state index in [0.717, 1.165) is 9.80 Å². The summed E-state index contributed by atoms with van der Waals surface area (Å²) < 4.78 is 21.5. The number of benzene rings is 1. The van der Waals surface area contributed by atoms with Gasteiger partial charge in [-0.1, -0.05) is 6.07 Å². The summed E-state index contributed by atoms with van der Waals surface area (Å²) in [7, 11) is 0. The molecule has 0 aliphatic rings. The zero-order valence-corrected chi connectivity index (χ0v) is 31.4. The number of primary amides is 1. The van der Waals surface area contributed by atoms with E-state index in [1.807, 2.05) is 0 Å². The van der Waals surface area contributed by atoms with E-state index in [1.165, 1.54) is 13.0 Å². The molecule has 278 valence electrons. The van der Waals surface area contributed by atoms with E-state index >= 15 is 0 Å². The Hall–Kier alpha value is -5.15. The molecule has 1 aromatic carbocycles. The third-order valence-electron chi connectivity index (χ3n) is 5.53. The van der Waals surface area contributed by atoms with Gasteiger partial charge in [-0.25, -0.2) is 29.0 Å². The van der Waals surface area contributed by atoms with Crippen LogP contribution < -0.4 is 16.4 Å². The van der Waals surface area contributed by atoms with E-state index in [9.17, 15) is 24.0 Å². The number of alkyl carbamates (subject to hydrolysis) is 2. The number of carbonyl (C=O) groups excluding carboxylic acids is 5. The maximum absolute atomic E-state index is 13.3. The number of nitrogens with one attached hydrogen (secondary N) is 4. The molecule has 0 heterocycles. The lowest BCUT2D eigenvalue weighted by molar-refractivity contribution is -0.114. The van der Waals surface area contributed by atoms with E-state index < -0.39 is 64.6 Å². The summed E-state index contributed by atoms with van der Waals surface area (Å²) in [4.78, 5) is 65.4. The summed E-state index contributed by atoms with van der Waals surface area (Å²) in [5.41, 5.74) is 3.05. The van der Waals surface area contributed by atoms with Crippen LogP contribution in [-0.4, -0.2) is 74.4 Å². The molecule has 0 spiro atoms. The number of rotatable bonds is 6. The van der Waals surface area contributed by atoms with Gasteiger partial charge in [0.25, 0.3) is 0 Å². The van der Waals surface area contributed by atoms with E-state index in [2.05, 4.69) is 10.6 Å². The Bertz CT molecular complexity index is 1410. The first-order valence-corrected chi connectivity index (χ1v) is 15.7. The maximum atomic E-state index is 13.3. The van der Waals surface area contributed by atoms with Crippen molar-refractivity contribution in [1.29, 1.82) is 10.8 Å². The lowest BCUT2D eigenvalue weighted by Gasteiger charge is -2.29. The number of carbonyl (C=O) groups is 5. The third-order valence-corrected chi connectivity index (χ3v) is 5.53. The van der Waals surface area contributed by atoms with Gasteiger partial charge in [-0.15, -0.1) is 0 Å². The van der Waals surface area contributed by atoms with Gasteiger partial charge in [0.2, 0.25) is 17.8 Å². The molecule has 0 atom stereocenters. The summed E-state index contributed by atoms with van der Waals surface area (Å²) >= 11 is 0. The van der Waals surface area contributed by atoms with Crippen molar-refractivity contribution in [2.75, 3.05) is 0 Å². The Balaban J connectivity index is 3.76. The standard InChI is InChI=1S/C34H53N7O9/c1-20(24(35)42)14-21-15-22(18-40(29(45)49-33(8,9)10)25(36)38-27(43)47-31(2,3)4)17-23(16-21)19-41(30(46)50-34(11,12)13)26(37)39-28(44)48-32(5,6)7/h14-17H,18-19H2,1-13H3,(H2,35,42)(H2,36,38,43)(H2,37,39,44). The zero-order valence-electron chi connectivity index (χ0n) is 31.4. The van der Waals surface area contributed by atoms with Gasteiger partial charge >= 0.3 is 24.4 Å². The van der Waals surface area contributed by atoms with Crippen LogP contribution in [0.25, 0.3) is 6.08 Å². The molecule has 5 amide bonds. The first kappa shape index (κ1) is 42.9. The smallest absolute Gasteiger partial charge is 0.417 e. The van der Waals surface area contributed by atoms with Gasteiger partial charge in [-0.2, -0.15) is 0 Å². The lowest BCUT2D eigenvalue weighted by Crippen LogP contribution is -2.49. The Morgan fingerprint density at radius 2 is 0.960 bits per heavy atom. The van der Waals surface area contributed by atoms with E-state index in [0.29, 0.717) is 16.7 Å². The minimum atomic E-state index is -0.977. The second kappa shape index (κ2) is 16.5. The topological polar surface area (TPSA) is 227 Å². The van der Waals surface area contributed by atoms with E-state index in [-0.39, 0.29) is 18.7 Å². The lowest BCUT2D eigenvalue weighted by atomic mass is 10.0. The Kier molecular flexibility index (Phi) is 14.1. The van der Waals surface area contributed by atoms with Crippen molar-refractivity contribution in [2.45, 2.75) is 126 Å². The van der Waals surface area contributed by atoms with Crippen molar-refractivity contribution < 1.29 is 42.9 Å². The average Bonchev–Trinajstić information content (AvgIpc) is 2.85. The molecule has 0 bridgehead atoms. The maximum Gasteiger partial charge on any atom is 0.417 e. The van der Waals surface area contributed by atoms with Crippen molar-refractivity contribution in [3.05, 3.63) is 40.5 Å². The van der Waals surface area contributed by atoms with Gasteiger partial charge < -0.3 is 24.7 Å². The van der Waals surface area contributed by atoms with Crippen LogP contribution in [0.4, 0.5) is 19.2 Å². The van der Waals surface area contributed by atoms with E-state index in [4.69, 9.17) is 35.5 Å². The number of guanidine groups is 2. The molecule has 0 saturated carbocycles. The van der Waals surface area contributed by atoms with Crippen molar-refractivity contribution in [1.82, 2.24) is 20.4 Å². The molecule has 0 aliphatic heterocycles. The predicted molar refractivity (Wildman–Crippen MR) is 187 cm³/mol. The van der Waals surface area contributed by atoms with Gasteiger partial charge in [0, 0.05) is 5.57 Å². The Labute approximate surface area is 294 Å². The number of ether oxygens (including phenoxy) is 4. The highest BCUT2D eigenvalue weighted by Gasteiger charge is 2.30. The Morgan fingerprint density at radius 1 is 0.640 bits per heavy atom. The van der Waals surface area contributed by atoms with Crippen LogP contribution in [0.15, 0.2) is 23.8 Å². The monoisotopic (exact) mass is 703 g/mol. The zero-order chi connectivity index (χ0) is 39.0. The average molecular weight is 704 g/mol. The molecule has 1 aromatic rings. The molecule has 0 radical (unpaired) electrons. The highest BCUT2D eigenvalue weighted by atomic mass is 16.6. The predicted octanol–water partition coefficient (Wildman–Crippen LogP) is 5.97. The first-order valence-electron chi connectivity index (χ1n) is 15.7. The first-order chi connectivity index (χ1) is 22.4. The van der Waals surface area contributed by atoms with Crippen LogP contribution in [0.5, 0.6) is 0 Å². The molecule has 16 nitrogen and oxygen atoms in total. The summed E-state index contributed by atoms with van der Waals surface area (Å²) in [5.74, 6) is -2.00. The SMILES string of the molecule is CC(=Cc1cc(CN(C(=N)NC(=O)OC(C)(C)C)C(=O)OC(C)(C)C)cc(CN(C(=N)NC(=O)OC(C)(C)C)C(=O)OC(C)(C)C)c1)C(N)=O. The molecule has 6 N–H and O–H groups in total. The minimum absolute atomic E-state index is 0.180. The quantitative estimate of drug-likeness (QED) is 0.102. The fourth-order valence-electron chi connectivity index (χ4n) is 3.78. The number of hydrogen-bond acceptors (Lipinski definition) is 11. The number of nitrogens with two attached hydrogens (primary N) is 1. The van der Waals surface area contributed by atoms with Crippen LogP contribution in [-0.2, 0) is 36.8 Å². The van der Waals surface area contributed by atoms with Crippen LogP contribution in [0.2, 0.25) is 0 Å². The van der Waals surface area contributed by atoms with Gasteiger partial charge in [-0.3, -0.25) is 26.2 Å². The molecule has 16 heteroatoms. The highest BCUT2D eigenvalue weighted by molar-refractivity contribution is 6.01. The number of nitrogens with zero attached hydrogens (tertiary/aromatic N) is 2. The van der Waals surface area contributed by atoms with Gasteiger partial charge in [0.05, 0.1) is 13.1 Å². The van der Waals surface area contributed by atoms with Crippen LogP contribution in [0.3, 0.4) is 0 Å². The van der Waals surface area contributed by atoms with Crippen molar-refractivity contribution in [2.24, 2.45) is 5.73 Å². The summed E-state index contributed by atoms with van der Waals surface area (Å²) in [6, 6.07) is 4.75. The van der Waals surface area contributed by atoms with Crippen LogP contribution >= 0.6 is 0 Å². The Morgan fingerprint density at radius 3 is 1.24 bits per heavy atom. The molecule has 50 heavy (non-hydrogen) atoms. The molecule has 0 fully saturated rings. The van der Waals surface area contributed by atoms with Crippen molar-refractivity contribution in [3.63, 3.8) is 0 Å². The normalized spacial score (nSPS) is 12.2. The molecular formula is C34H53N7O9. The second-order valence-electron chi connectivity index (χ2n) is 15.4. The van der Waals surface area contributed by atoms with Gasteiger partial charge in [0.1, 0.15) is 22.4 Å². The highest BCUT2D eigenvalue weighted by Crippen LogP contribution is 2.21. The van der Waals surface area contributed by atoms with Gasteiger partial charge in [-0.05, 0) is 125 Å². The minimum Gasteiger partial charge on any atom is -0.444 e. The fourth-order valence-corrected chi connectivity index (χ4v) is 3.78. The molecule has 1 rings (SSSR count). The van der Waals surface area contributed by atoms with Crippen molar-refractivity contribution >= 4 is 48.3 Å².